The Balaban J connectivity index is 1.90. The van der Waals surface area contributed by atoms with Crippen molar-refractivity contribution in [1.29, 1.82) is 0 Å². The molecule has 7 nitrogen and oxygen atoms in total. The van der Waals surface area contributed by atoms with E-state index in [2.05, 4.69) is 10.2 Å². The van der Waals surface area contributed by atoms with Crippen molar-refractivity contribution >= 4 is 17.5 Å². The SMILES string of the molecule is CCOc1cccc(C2c3c(-c4cc(Cl)c(C)cc4O)n[nH]c3C(=O)N2CCO)c1. The van der Waals surface area contributed by atoms with E-state index < -0.39 is 6.04 Å². The number of ether oxygens (including phenoxy) is 1. The molecule has 3 aromatic rings. The number of nitrogens with one attached hydrogen (secondary N) is 1. The number of phenols is 1. The molecule has 156 valence electrons. The van der Waals surface area contributed by atoms with Crippen LogP contribution in [0.15, 0.2) is 36.4 Å². The Labute approximate surface area is 178 Å². The number of halogens is 1. The molecule has 1 unspecified atom stereocenters. The fourth-order valence-electron chi connectivity index (χ4n) is 3.88. The number of aliphatic hydroxyl groups is 1. The normalized spacial score (nSPS) is 15.5. The first-order chi connectivity index (χ1) is 14.5. The molecule has 1 aliphatic rings. The van der Waals surface area contributed by atoms with Gasteiger partial charge in [-0.1, -0.05) is 23.7 Å². The van der Waals surface area contributed by atoms with Crippen molar-refractivity contribution in [3.63, 3.8) is 0 Å². The molecule has 30 heavy (non-hydrogen) atoms. The maximum absolute atomic E-state index is 13.1. The third-order valence-corrected chi connectivity index (χ3v) is 5.63. The lowest BCUT2D eigenvalue weighted by atomic mass is 9.95. The van der Waals surface area contributed by atoms with Gasteiger partial charge in [0.05, 0.1) is 19.3 Å². The monoisotopic (exact) mass is 427 g/mol. The molecule has 0 spiro atoms. The molecule has 3 N–H and O–H groups in total. The number of hydrogen-bond donors (Lipinski definition) is 3. The number of aryl methyl sites for hydroxylation is 1. The standard InChI is InChI=1S/C22H22ClN3O4/c1-3-30-14-6-4-5-13(10-14)21-18-19(15-11-16(23)12(2)9-17(15)28)24-25-20(18)22(29)26(21)7-8-27/h4-6,9-11,21,27-28H,3,7-8H2,1-2H3,(H,24,25). The number of carbonyl (C=O) groups is 1. The fraction of sp³-hybridized carbons (Fsp3) is 0.273. The number of aromatic hydroxyl groups is 1. The number of aromatic nitrogens is 2. The summed E-state index contributed by atoms with van der Waals surface area (Å²) in [6, 6.07) is 10.2. The van der Waals surface area contributed by atoms with Crippen molar-refractivity contribution in [2.24, 2.45) is 0 Å². The number of nitrogens with zero attached hydrogens (tertiary/aromatic N) is 2. The fourth-order valence-corrected chi connectivity index (χ4v) is 4.05. The van der Waals surface area contributed by atoms with Gasteiger partial charge in [0.15, 0.2) is 0 Å². The Kier molecular flexibility index (Phi) is 5.40. The second kappa shape index (κ2) is 8.01. The van der Waals surface area contributed by atoms with Gasteiger partial charge in [-0.15, -0.1) is 0 Å². The van der Waals surface area contributed by atoms with Gasteiger partial charge in [-0.2, -0.15) is 5.10 Å². The predicted octanol–water partition coefficient (Wildman–Crippen LogP) is 3.68. The van der Waals surface area contributed by atoms with Crippen molar-refractivity contribution in [2.45, 2.75) is 19.9 Å². The van der Waals surface area contributed by atoms with Crippen LogP contribution in [0.5, 0.6) is 11.5 Å². The number of amides is 1. The average molecular weight is 428 g/mol. The molecule has 1 aromatic heterocycles. The van der Waals surface area contributed by atoms with Crippen LogP contribution in [0.4, 0.5) is 0 Å². The Bertz CT molecular complexity index is 1110. The smallest absolute Gasteiger partial charge is 0.273 e. The number of aliphatic hydroxyl groups excluding tert-OH is 1. The summed E-state index contributed by atoms with van der Waals surface area (Å²) in [5.41, 5.74) is 3.42. The van der Waals surface area contributed by atoms with Gasteiger partial charge in [-0.25, -0.2) is 0 Å². The van der Waals surface area contributed by atoms with Crippen LogP contribution in [0.25, 0.3) is 11.3 Å². The molecule has 1 atom stereocenters. The molecule has 0 aliphatic carbocycles. The quantitative estimate of drug-likeness (QED) is 0.557. The van der Waals surface area contributed by atoms with E-state index in [0.717, 1.165) is 11.1 Å². The number of carbonyl (C=O) groups excluding carboxylic acids is 1. The molecule has 2 aromatic carbocycles. The summed E-state index contributed by atoms with van der Waals surface area (Å²) in [6.07, 6.45) is 0. The molecule has 8 heteroatoms. The summed E-state index contributed by atoms with van der Waals surface area (Å²) < 4.78 is 5.63. The molecule has 2 heterocycles. The highest BCUT2D eigenvalue weighted by molar-refractivity contribution is 6.31. The van der Waals surface area contributed by atoms with E-state index in [1.807, 2.05) is 31.2 Å². The van der Waals surface area contributed by atoms with Crippen LogP contribution in [0.2, 0.25) is 5.02 Å². The second-order valence-electron chi connectivity index (χ2n) is 7.11. The van der Waals surface area contributed by atoms with Gasteiger partial charge in [0.2, 0.25) is 0 Å². The number of β-amino-alcohol motifs (C(OH)–C–C–N with tert-alkyl or cyclic N) is 1. The van der Waals surface area contributed by atoms with Crippen molar-refractivity contribution in [3.8, 4) is 22.8 Å². The summed E-state index contributed by atoms with van der Waals surface area (Å²) in [6.45, 7) is 4.20. The molecule has 1 aliphatic heterocycles. The lowest BCUT2D eigenvalue weighted by molar-refractivity contribution is 0.0706. The maximum Gasteiger partial charge on any atom is 0.273 e. The number of H-pyrrole nitrogens is 1. The van der Waals surface area contributed by atoms with Gasteiger partial charge in [0.1, 0.15) is 22.9 Å². The molecule has 1 amide bonds. The summed E-state index contributed by atoms with van der Waals surface area (Å²) in [5.74, 6) is 0.453. The summed E-state index contributed by atoms with van der Waals surface area (Å²) >= 11 is 6.29. The van der Waals surface area contributed by atoms with Gasteiger partial charge < -0.3 is 19.8 Å². The lowest BCUT2D eigenvalue weighted by Gasteiger charge is -2.26. The van der Waals surface area contributed by atoms with Crippen LogP contribution >= 0.6 is 11.6 Å². The van der Waals surface area contributed by atoms with Crippen molar-refractivity contribution in [3.05, 3.63) is 63.8 Å². The van der Waals surface area contributed by atoms with E-state index in [9.17, 15) is 15.0 Å². The maximum atomic E-state index is 13.1. The first-order valence-corrected chi connectivity index (χ1v) is 10.1. The van der Waals surface area contributed by atoms with E-state index in [0.29, 0.717) is 39.9 Å². The van der Waals surface area contributed by atoms with E-state index in [-0.39, 0.29) is 24.8 Å². The topological polar surface area (TPSA) is 98.7 Å². The minimum absolute atomic E-state index is 0.0288. The van der Waals surface area contributed by atoms with Gasteiger partial charge in [0.25, 0.3) is 5.91 Å². The summed E-state index contributed by atoms with van der Waals surface area (Å²) in [5, 5.41) is 27.8. The number of phenolic OH excluding ortho intramolecular Hbond substituents is 1. The highest BCUT2D eigenvalue weighted by Gasteiger charge is 2.42. The molecular weight excluding hydrogens is 406 g/mol. The summed E-state index contributed by atoms with van der Waals surface area (Å²) in [4.78, 5) is 14.6. The molecule has 0 saturated heterocycles. The Morgan fingerprint density at radius 2 is 2.10 bits per heavy atom. The van der Waals surface area contributed by atoms with Crippen LogP contribution in [0.3, 0.4) is 0 Å². The minimum atomic E-state index is -0.492. The summed E-state index contributed by atoms with van der Waals surface area (Å²) in [7, 11) is 0. The number of hydrogen-bond acceptors (Lipinski definition) is 5. The van der Waals surface area contributed by atoms with Gasteiger partial charge in [0, 0.05) is 22.7 Å². The number of rotatable bonds is 6. The van der Waals surface area contributed by atoms with Crippen LogP contribution in [-0.4, -0.2) is 51.0 Å². The van der Waals surface area contributed by atoms with Crippen molar-refractivity contribution < 1.29 is 19.7 Å². The highest BCUT2D eigenvalue weighted by Crippen LogP contribution is 2.45. The largest absolute Gasteiger partial charge is 0.507 e. The van der Waals surface area contributed by atoms with Crippen LogP contribution in [-0.2, 0) is 0 Å². The van der Waals surface area contributed by atoms with Gasteiger partial charge in [-0.05, 0) is 49.2 Å². The van der Waals surface area contributed by atoms with Crippen LogP contribution in [0.1, 0.15) is 40.1 Å². The Morgan fingerprint density at radius 3 is 2.83 bits per heavy atom. The van der Waals surface area contributed by atoms with Gasteiger partial charge >= 0.3 is 0 Å². The van der Waals surface area contributed by atoms with Crippen LogP contribution < -0.4 is 4.74 Å². The van der Waals surface area contributed by atoms with Crippen LogP contribution in [0, 0.1) is 6.92 Å². The third-order valence-electron chi connectivity index (χ3n) is 5.22. The first-order valence-electron chi connectivity index (χ1n) is 9.68. The second-order valence-corrected chi connectivity index (χ2v) is 7.52. The third kappa shape index (κ3) is 3.30. The first kappa shape index (κ1) is 20.3. The predicted molar refractivity (Wildman–Crippen MR) is 113 cm³/mol. The molecule has 0 saturated carbocycles. The lowest BCUT2D eigenvalue weighted by Crippen LogP contribution is -2.32. The Hall–Kier alpha value is -3.03. The number of fused-ring (bicyclic) bond motifs is 1. The molecule has 0 bridgehead atoms. The molecule has 4 rings (SSSR count). The molecule has 0 radical (unpaired) electrons. The number of benzene rings is 2. The van der Waals surface area contributed by atoms with Gasteiger partial charge in [-0.3, -0.25) is 9.89 Å². The average Bonchev–Trinajstić information content (AvgIpc) is 3.25. The van der Waals surface area contributed by atoms with Crippen molar-refractivity contribution in [1.82, 2.24) is 15.1 Å². The molecule has 0 fully saturated rings. The van der Waals surface area contributed by atoms with Crippen molar-refractivity contribution in [2.75, 3.05) is 19.8 Å². The zero-order valence-corrected chi connectivity index (χ0v) is 17.4. The molecular formula is C22H22ClN3O4. The van der Waals surface area contributed by atoms with E-state index in [1.165, 1.54) is 0 Å². The van der Waals surface area contributed by atoms with E-state index >= 15 is 0 Å². The highest BCUT2D eigenvalue weighted by atomic mass is 35.5. The minimum Gasteiger partial charge on any atom is -0.507 e. The zero-order chi connectivity index (χ0) is 21.4. The Morgan fingerprint density at radius 1 is 1.30 bits per heavy atom. The van der Waals surface area contributed by atoms with E-state index in [4.69, 9.17) is 16.3 Å². The van der Waals surface area contributed by atoms with E-state index in [1.54, 1.807) is 24.0 Å². The number of aromatic amines is 1. The zero-order valence-electron chi connectivity index (χ0n) is 16.6.